The molecule has 0 aliphatic carbocycles. The standard InChI is InChI=1S/C22H27N3O4/c1-4-15(2)20(25-21(27)16-9-6-5-7-10-16)22(28)24-18-12-8-11-17(13-18)23-19(26)14-29-3/h5-13,15,20H,4,14H2,1-3H3,(H,23,26)(H,24,28)(H,25,27). The summed E-state index contributed by atoms with van der Waals surface area (Å²) in [5, 5.41) is 8.34. The molecule has 0 bridgehead atoms. The molecular formula is C22H27N3O4. The molecular weight excluding hydrogens is 370 g/mol. The number of anilines is 2. The van der Waals surface area contributed by atoms with E-state index in [-0.39, 0.29) is 30.2 Å². The minimum Gasteiger partial charge on any atom is -0.375 e. The third kappa shape index (κ3) is 6.73. The second-order valence-electron chi connectivity index (χ2n) is 6.75. The van der Waals surface area contributed by atoms with Crippen molar-refractivity contribution in [1.82, 2.24) is 5.32 Å². The van der Waals surface area contributed by atoms with Crippen molar-refractivity contribution in [3.63, 3.8) is 0 Å². The molecule has 7 heteroatoms. The van der Waals surface area contributed by atoms with Gasteiger partial charge in [0.05, 0.1) is 0 Å². The van der Waals surface area contributed by atoms with Gasteiger partial charge < -0.3 is 20.7 Å². The minimum atomic E-state index is -0.695. The highest BCUT2D eigenvalue weighted by molar-refractivity contribution is 6.01. The molecule has 2 unspecified atom stereocenters. The molecule has 0 aliphatic rings. The summed E-state index contributed by atoms with van der Waals surface area (Å²) >= 11 is 0. The summed E-state index contributed by atoms with van der Waals surface area (Å²) in [6, 6.07) is 14.9. The lowest BCUT2D eigenvalue weighted by atomic mass is 9.97. The SMILES string of the molecule is CCC(C)C(NC(=O)c1ccccc1)C(=O)Nc1cccc(NC(=O)COC)c1. The summed E-state index contributed by atoms with van der Waals surface area (Å²) in [7, 11) is 1.44. The van der Waals surface area contributed by atoms with Crippen molar-refractivity contribution in [3.8, 4) is 0 Å². The molecule has 0 saturated carbocycles. The van der Waals surface area contributed by atoms with Crippen molar-refractivity contribution >= 4 is 29.1 Å². The molecule has 0 spiro atoms. The molecule has 3 amide bonds. The zero-order valence-corrected chi connectivity index (χ0v) is 16.9. The van der Waals surface area contributed by atoms with E-state index in [2.05, 4.69) is 16.0 Å². The van der Waals surface area contributed by atoms with E-state index in [1.54, 1.807) is 48.5 Å². The molecule has 7 nitrogen and oxygen atoms in total. The number of nitrogens with one attached hydrogen (secondary N) is 3. The first-order valence-corrected chi connectivity index (χ1v) is 9.50. The molecule has 154 valence electrons. The number of hydrogen-bond acceptors (Lipinski definition) is 4. The number of benzene rings is 2. The molecule has 0 aliphatic heterocycles. The largest absolute Gasteiger partial charge is 0.375 e. The lowest BCUT2D eigenvalue weighted by molar-refractivity contribution is -0.120. The molecule has 2 atom stereocenters. The van der Waals surface area contributed by atoms with Crippen molar-refractivity contribution in [2.75, 3.05) is 24.4 Å². The Bertz CT molecular complexity index is 839. The Morgan fingerprint density at radius 2 is 1.62 bits per heavy atom. The zero-order valence-electron chi connectivity index (χ0n) is 16.9. The van der Waals surface area contributed by atoms with E-state index in [9.17, 15) is 14.4 Å². The van der Waals surface area contributed by atoms with Gasteiger partial charge in [0, 0.05) is 24.0 Å². The van der Waals surface area contributed by atoms with Crippen molar-refractivity contribution < 1.29 is 19.1 Å². The number of amides is 3. The first kappa shape index (κ1) is 22.1. The molecule has 0 heterocycles. The Balaban J connectivity index is 2.10. The van der Waals surface area contributed by atoms with Crippen LogP contribution in [0.25, 0.3) is 0 Å². The second-order valence-corrected chi connectivity index (χ2v) is 6.75. The van der Waals surface area contributed by atoms with Gasteiger partial charge in [-0.05, 0) is 36.2 Å². The summed E-state index contributed by atoms with van der Waals surface area (Å²) in [4.78, 5) is 37.1. The highest BCUT2D eigenvalue weighted by Gasteiger charge is 2.26. The van der Waals surface area contributed by atoms with E-state index in [1.165, 1.54) is 7.11 Å². The van der Waals surface area contributed by atoms with Gasteiger partial charge in [-0.25, -0.2) is 0 Å². The quantitative estimate of drug-likeness (QED) is 0.606. The summed E-state index contributed by atoms with van der Waals surface area (Å²) in [6.07, 6.45) is 0.722. The van der Waals surface area contributed by atoms with Crippen LogP contribution in [0.2, 0.25) is 0 Å². The third-order valence-corrected chi connectivity index (χ3v) is 4.51. The highest BCUT2D eigenvalue weighted by Crippen LogP contribution is 2.17. The van der Waals surface area contributed by atoms with E-state index >= 15 is 0 Å². The minimum absolute atomic E-state index is 0.0573. The first-order valence-electron chi connectivity index (χ1n) is 9.50. The Kier molecular flexibility index (Phi) is 8.36. The molecule has 2 aromatic rings. The average Bonchev–Trinajstić information content (AvgIpc) is 2.72. The van der Waals surface area contributed by atoms with Gasteiger partial charge >= 0.3 is 0 Å². The van der Waals surface area contributed by atoms with Crippen LogP contribution < -0.4 is 16.0 Å². The monoisotopic (exact) mass is 397 g/mol. The van der Waals surface area contributed by atoms with E-state index in [4.69, 9.17) is 4.74 Å². The Morgan fingerprint density at radius 1 is 0.966 bits per heavy atom. The Labute approximate surface area is 170 Å². The van der Waals surface area contributed by atoms with Gasteiger partial charge in [0.15, 0.2) is 0 Å². The Hall–Kier alpha value is -3.19. The number of methoxy groups -OCH3 is 1. The fraction of sp³-hybridized carbons (Fsp3) is 0.318. The molecule has 29 heavy (non-hydrogen) atoms. The van der Waals surface area contributed by atoms with Gasteiger partial charge in [-0.2, -0.15) is 0 Å². The number of hydrogen-bond donors (Lipinski definition) is 3. The van der Waals surface area contributed by atoms with Crippen LogP contribution in [-0.2, 0) is 14.3 Å². The Morgan fingerprint density at radius 3 is 2.24 bits per heavy atom. The molecule has 0 fully saturated rings. The average molecular weight is 397 g/mol. The molecule has 2 aromatic carbocycles. The fourth-order valence-electron chi connectivity index (χ4n) is 2.74. The van der Waals surface area contributed by atoms with Gasteiger partial charge in [0.1, 0.15) is 12.6 Å². The lowest BCUT2D eigenvalue weighted by Gasteiger charge is -2.23. The number of ether oxygens (including phenoxy) is 1. The van der Waals surface area contributed by atoms with Crippen LogP contribution >= 0.6 is 0 Å². The van der Waals surface area contributed by atoms with Crippen LogP contribution in [0.1, 0.15) is 30.6 Å². The van der Waals surface area contributed by atoms with Crippen LogP contribution in [0.3, 0.4) is 0 Å². The van der Waals surface area contributed by atoms with Crippen LogP contribution in [-0.4, -0.2) is 37.5 Å². The van der Waals surface area contributed by atoms with Gasteiger partial charge in [0.25, 0.3) is 5.91 Å². The topological polar surface area (TPSA) is 96.5 Å². The van der Waals surface area contributed by atoms with Gasteiger partial charge in [-0.3, -0.25) is 14.4 Å². The number of carbonyl (C=O) groups is 3. The van der Waals surface area contributed by atoms with Crippen LogP contribution in [0.15, 0.2) is 54.6 Å². The molecule has 0 radical (unpaired) electrons. The van der Waals surface area contributed by atoms with Gasteiger partial charge in [-0.15, -0.1) is 0 Å². The van der Waals surface area contributed by atoms with Gasteiger partial charge in [-0.1, -0.05) is 44.5 Å². The van der Waals surface area contributed by atoms with Crippen molar-refractivity contribution in [1.29, 1.82) is 0 Å². The predicted octanol–water partition coefficient (Wildman–Crippen LogP) is 3.05. The maximum atomic E-state index is 12.9. The van der Waals surface area contributed by atoms with Gasteiger partial charge in [0.2, 0.25) is 11.8 Å². The normalized spacial score (nSPS) is 12.5. The summed E-state index contributed by atoms with van der Waals surface area (Å²) in [5.74, 6) is -0.966. The first-order chi connectivity index (χ1) is 13.9. The molecule has 0 saturated heterocycles. The maximum Gasteiger partial charge on any atom is 0.251 e. The number of rotatable bonds is 9. The van der Waals surface area contributed by atoms with Crippen LogP contribution in [0, 0.1) is 5.92 Å². The van der Waals surface area contributed by atoms with E-state index in [0.717, 1.165) is 6.42 Å². The lowest BCUT2D eigenvalue weighted by Crippen LogP contribution is -2.47. The van der Waals surface area contributed by atoms with Crippen LogP contribution in [0.4, 0.5) is 11.4 Å². The summed E-state index contributed by atoms with van der Waals surface area (Å²) in [6.45, 7) is 3.82. The van der Waals surface area contributed by atoms with Crippen LogP contribution in [0.5, 0.6) is 0 Å². The van der Waals surface area contributed by atoms with Crippen molar-refractivity contribution in [2.45, 2.75) is 26.3 Å². The molecule has 0 aromatic heterocycles. The maximum absolute atomic E-state index is 12.9. The van der Waals surface area contributed by atoms with E-state index < -0.39 is 6.04 Å². The second kappa shape index (κ2) is 11.0. The third-order valence-electron chi connectivity index (χ3n) is 4.51. The van der Waals surface area contributed by atoms with Crippen molar-refractivity contribution in [2.24, 2.45) is 5.92 Å². The molecule has 2 rings (SSSR count). The fourth-order valence-corrected chi connectivity index (χ4v) is 2.74. The van der Waals surface area contributed by atoms with Crippen molar-refractivity contribution in [3.05, 3.63) is 60.2 Å². The smallest absolute Gasteiger partial charge is 0.251 e. The summed E-state index contributed by atoms with van der Waals surface area (Å²) < 4.78 is 4.79. The number of carbonyl (C=O) groups excluding carboxylic acids is 3. The van der Waals surface area contributed by atoms with E-state index in [1.807, 2.05) is 19.9 Å². The highest BCUT2D eigenvalue weighted by atomic mass is 16.5. The zero-order chi connectivity index (χ0) is 21.2. The van der Waals surface area contributed by atoms with E-state index in [0.29, 0.717) is 16.9 Å². The molecule has 3 N–H and O–H groups in total. The predicted molar refractivity (Wildman–Crippen MR) is 113 cm³/mol. The summed E-state index contributed by atoms with van der Waals surface area (Å²) in [5.41, 5.74) is 1.56.